The molecule has 0 aliphatic carbocycles. The summed E-state index contributed by atoms with van der Waals surface area (Å²) in [5.41, 5.74) is 7.50. The molecular weight excluding hydrogens is 372 g/mol. The van der Waals surface area contributed by atoms with Crippen molar-refractivity contribution >= 4 is 21.4 Å². The molecule has 0 saturated carbocycles. The Hall–Kier alpha value is -1.12. The van der Waals surface area contributed by atoms with Gasteiger partial charge in [0, 0.05) is 17.7 Å². The summed E-state index contributed by atoms with van der Waals surface area (Å²) in [5.74, 6) is 0. The maximum Gasteiger partial charge on any atom is 1.00 e. The monoisotopic (exact) mass is 386 g/mol. The van der Waals surface area contributed by atoms with Crippen molar-refractivity contribution in [2.75, 3.05) is 5.73 Å². The molecule has 8 heteroatoms. The minimum atomic E-state index is -3.66. The number of rotatable bonds is 3. The second kappa shape index (κ2) is 6.55. The van der Waals surface area contributed by atoms with Gasteiger partial charge in [0.15, 0.2) is 0 Å². The van der Waals surface area contributed by atoms with E-state index in [1.165, 1.54) is 24.3 Å². The molecule has 1 heterocycles. The molecule has 0 spiro atoms. The summed E-state index contributed by atoms with van der Waals surface area (Å²) in [6, 6.07) is 5.96. The van der Waals surface area contributed by atoms with Gasteiger partial charge in [0.2, 0.25) is 10.0 Å². The molecule has 1 aliphatic rings. The molecular formula is C12H15AgN4O2S. The van der Waals surface area contributed by atoms with E-state index in [-0.39, 0.29) is 27.3 Å². The van der Waals surface area contributed by atoms with Crippen LogP contribution in [0.3, 0.4) is 0 Å². The number of allylic oxidation sites excluding steroid dienone is 2. The van der Waals surface area contributed by atoms with Gasteiger partial charge in [-0.05, 0) is 31.2 Å². The van der Waals surface area contributed by atoms with E-state index in [9.17, 15) is 8.42 Å². The summed E-state index contributed by atoms with van der Waals surface area (Å²) in [7, 11) is -3.66. The van der Waals surface area contributed by atoms with Gasteiger partial charge in [0.05, 0.1) is 4.90 Å². The fourth-order valence-electron chi connectivity index (χ4n) is 1.70. The molecule has 1 aromatic carbocycles. The predicted octanol–water partition coefficient (Wildman–Crippen LogP) is 1.58. The first-order valence-electron chi connectivity index (χ1n) is 5.68. The molecule has 1 aliphatic heterocycles. The predicted molar refractivity (Wildman–Crippen MR) is 75.2 cm³/mol. The number of anilines is 1. The van der Waals surface area contributed by atoms with Crippen molar-refractivity contribution in [2.24, 2.45) is 4.99 Å². The zero-order chi connectivity index (χ0) is 14.0. The van der Waals surface area contributed by atoms with Crippen LogP contribution in [-0.2, 0) is 32.4 Å². The van der Waals surface area contributed by atoms with E-state index < -0.39 is 16.3 Å². The van der Waals surface area contributed by atoms with Crippen LogP contribution in [0.15, 0.2) is 45.9 Å². The van der Waals surface area contributed by atoms with Crippen LogP contribution in [0.1, 0.15) is 13.8 Å². The molecule has 0 fully saturated rings. The topological polar surface area (TPSA) is 98.7 Å². The molecule has 0 aromatic heterocycles. The SMILES string of the molecule is CC1=CC(C)=NC(NS(=O)(=O)c2ccc(N)cc2)[N-]1.[Ag+]. The number of nitrogens with one attached hydrogen (secondary N) is 1. The normalized spacial score (nSPS) is 18.4. The molecule has 0 saturated heterocycles. The average molecular weight is 387 g/mol. The van der Waals surface area contributed by atoms with Gasteiger partial charge in [-0.1, -0.05) is 13.0 Å². The van der Waals surface area contributed by atoms with Crippen LogP contribution in [0.4, 0.5) is 5.69 Å². The molecule has 1 unspecified atom stereocenters. The van der Waals surface area contributed by atoms with Gasteiger partial charge >= 0.3 is 22.4 Å². The van der Waals surface area contributed by atoms with Crippen molar-refractivity contribution < 1.29 is 30.8 Å². The van der Waals surface area contributed by atoms with Crippen LogP contribution in [0.25, 0.3) is 5.32 Å². The summed E-state index contributed by atoms with van der Waals surface area (Å²) >= 11 is 0. The van der Waals surface area contributed by atoms with Gasteiger partial charge in [0.1, 0.15) is 0 Å². The number of sulfonamides is 1. The second-order valence-electron chi connectivity index (χ2n) is 4.25. The Morgan fingerprint density at radius 3 is 2.40 bits per heavy atom. The third kappa shape index (κ3) is 4.19. The van der Waals surface area contributed by atoms with Crippen LogP contribution in [0.2, 0.25) is 0 Å². The molecule has 0 bridgehead atoms. The molecule has 1 atom stereocenters. The zero-order valence-electron chi connectivity index (χ0n) is 11.0. The minimum absolute atomic E-state index is 0. The van der Waals surface area contributed by atoms with Gasteiger partial charge in [-0.3, -0.25) is 4.99 Å². The quantitative estimate of drug-likeness (QED) is 0.609. The van der Waals surface area contributed by atoms with Crippen LogP contribution in [0.5, 0.6) is 0 Å². The Labute approximate surface area is 134 Å². The second-order valence-corrected chi connectivity index (χ2v) is 5.96. The Morgan fingerprint density at radius 1 is 1.25 bits per heavy atom. The van der Waals surface area contributed by atoms with Crippen LogP contribution in [-0.4, -0.2) is 20.4 Å². The van der Waals surface area contributed by atoms with Crippen LogP contribution >= 0.6 is 0 Å². The minimum Gasteiger partial charge on any atom is -0.654 e. The van der Waals surface area contributed by atoms with Gasteiger partial charge < -0.3 is 11.1 Å². The number of aliphatic imine (C=N–C) groups is 1. The van der Waals surface area contributed by atoms with E-state index in [4.69, 9.17) is 5.73 Å². The average Bonchev–Trinajstić information content (AvgIpc) is 2.27. The Balaban J connectivity index is 0.00000200. The first kappa shape index (κ1) is 16.9. The number of nitrogens with zero attached hydrogens (tertiary/aromatic N) is 2. The van der Waals surface area contributed by atoms with E-state index in [0.717, 1.165) is 11.4 Å². The molecule has 0 amide bonds. The van der Waals surface area contributed by atoms with Gasteiger partial charge in [-0.15, -0.1) is 0 Å². The van der Waals surface area contributed by atoms with E-state index in [1.54, 1.807) is 19.9 Å². The molecule has 1 aromatic rings. The largest absolute Gasteiger partial charge is 1.00 e. The number of nitrogens with two attached hydrogens (primary N) is 1. The van der Waals surface area contributed by atoms with Crippen molar-refractivity contribution in [2.45, 2.75) is 25.0 Å². The maximum absolute atomic E-state index is 12.1. The third-order valence-corrected chi connectivity index (χ3v) is 3.93. The molecule has 0 radical (unpaired) electrons. The molecule has 112 valence electrons. The van der Waals surface area contributed by atoms with E-state index in [2.05, 4.69) is 15.0 Å². The van der Waals surface area contributed by atoms with E-state index in [0.29, 0.717) is 5.69 Å². The molecule has 6 nitrogen and oxygen atoms in total. The van der Waals surface area contributed by atoms with Crippen LogP contribution in [0, 0.1) is 0 Å². The Bertz CT molecular complexity index is 638. The standard InChI is InChI=1S/C12H15N4O2S.Ag/c1-8-7-9(2)15-12(14-8)16-19(17,18)11-5-3-10(13)4-6-11;/h3-7,12,16H,13H2,1-2H3;/q-1;+1. The van der Waals surface area contributed by atoms with Crippen molar-refractivity contribution in [3.8, 4) is 0 Å². The fraction of sp³-hybridized carbons (Fsp3) is 0.250. The maximum atomic E-state index is 12.1. The van der Waals surface area contributed by atoms with Gasteiger partial charge in [-0.2, -0.15) is 5.70 Å². The van der Waals surface area contributed by atoms with Gasteiger partial charge in [0.25, 0.3) is 0 Å². The zero-order valence-corrected chi connectivity index (χ0v) is 13.3. The molecule has 20 heavy (non-hydrogen) atoms. The fourth-order valence-corrected chi connectivity index (χ4v) is 2.71. The van der Waals surface area contributed by atoms with E-state index >= 15 is 0 Å². The van der Waals surface area contributed by atoms with Crippen molar-refractivity contribution in [1.29, 1.82) is 0 Å². The summed E-state index contributed by atoms with van der Waals surface area (Å²) in [4.78, 5) is 4.26. The van der Waals surface area contributed by atoms with Crippen molar-refractivity contribution in [3.63, 3.8) is 0 Å². The smallest absolute Gasteiger partial charge is 0.654 e. The first-order valence-corrected chi connectivity index (χ1v) is 7.16. The summed E-state index contributed by atoms with van der Waals surface area (Å²) in [5, 5.41) is 4.12. The molecule has 2 rings (SSSR count). The third-order valence-electron chi connectivity index (χ3n) is 2.52. The van der Waals surface area contributed by atoms with E-state index in [1.807, 2.05) is 0 Å². The Morgan fingerprint density at radius 2 is 1.85 bits per heavy atom. The summed E-state index contributed by atoms with van der Waals surface area (Å²) < 4.78 is 26.7. The van der Waals surface area contributed by atoms with Gasteiger partial charge in [-0.25, -0.2) is 13.1 Å². The molecule has 3 N–H and O–H groups in total. The summed E-state index contributed by atoms with van der Waals surface area (Å²) in [6.07, 6.45) is 0.973. The number of hydrogen-bond donors (Lipinski definition) is 2. The first-order chi connectivity index (χ1) is 8.87. The van der Waals surface area contributed by atoms with Crippen molar-refractivity contribution in [3.05, 3.63) is 41.4 Å². The number of benzene rings is 1. The Kier molecular flexibility index (Phi) is 5.55. The summed E-state index contributed by atoms with van der Waals surface area (Å²) in [6.45, 7) is 3.59. The number of hydrogen-bond acceptors (Lipinski definition) is 4. The van der Waals surface area contributed by atoms with Crippen molar-refractivity contribution in [1.82, 2.24) is 4.72 Å². The van der Waals surface area contributed by atoms with Crippen LogP contribution < -0.4 is 10.5 Å². The number of nitrogen functional groups attached to an aromatic ring is 1.